The second kappa shape index (κ2) is 12.3. The first-order chi connectivity index (χ1) is 19.5. The largest absolute Gasteiger partial charge is 0.465 e. The number of amides is 1. The lowest BCUT2D eigenvalue weighted by Crippen LogP contribution is -2.16. The fraction of sp³-hybridized carbons (Fsp3) is 0.167. The van der Waals surface area contributed by atoms with Crippen molar-refractivity contribution in [2.24, 2.45) is 0 Å². The number of thioether (sulfide) groups is 1. The molecule has 1 N–H and O–H groups in total. The molecule has 5 rings (SSSR count). The molecule has 3 heterocycles. The third-order valence-corrected chi connectivity index (χ3v) is 8.34. The van der Waals surface area contributed by atoms with Gasteiger partial charge in [-0.05, 0) is 24.6 Å². The lowest BCUT2D eigenvalue weighted by molar-refractivity contribution is -0.113. The lowest BCUT2D eigenvalue weighted by Gasteiger charge is -2.12. The van der Waals surface area contributed by atoms with E-state index in [-0.39, 0.29) is 11.7 Å². The first-order valence-electron chi connectivity index (χ1n) is 12.7. The van der Waals surface area contributed by atoms with Crippen LogP contribution < -0.4 is 5.32 Å². The number of para-hydroxylation sites is 1. The maximum Gasteiger partial charge on any atom is 0.340 e. The molecular weight excluding hydrogens is 542 g/mol. The molecule has 0 spiro atoms. The number of aromatic nitrogens is 4. The third kappa shape index (κ3) is 5.68. The fourth-order valence-electron chi connectivity index (χ4n) is 4.27. The van der Waals surface area contributed by atoms with Gasteiger partial charge >= 0.3 is 5.97 Å². The second-order valence-electron chi connectivity index (χ2n) is 8.78. The van der Waals surface area contributed by atoms with Gasteiger partial charge in [-0.1, -0.05) is 73.3 Å². The van der Waals surface area contributed by atoms with E-state index in [1.165, 1.54) is 30.2 Å². The van der Waals surface area contributed by atoms with Crippen molar-refractivity contribution in [1.82, 2.24) is 19.7 Å². The zero-order valence-electron chi connectivity index (χ0n) is 22.1. The summed E-state index contributed by atoms with van der Waals surface area (Å²) >= 11 is 2.64. The number of allylic oxidation sites excluding steroid dienone is 1. The molecule has 10 heteroatoms. The Morgan fingerprint density at radius 3 is 2.62 bits per heavy atom. The van der Waals surface area contributed by atoms with E-state index in [4.69, 9.17) is 9.72 Å². The van der Waals surface area contributed by atoms with Gasteiger partial charge in [0, 0.05) is 27.9 Å². The summed E-state index contributed by atoms with van der Waals surface area (Å²) in [6.45, 7) is 6.37. The maximum absolute atomic E-state index is 12.9. The molecule has 0 radical (unpaired) electrons. The molecule has 2 aromatic carbocycles. The van der Waals surface area contributed by atoms with Crippen LogP contribution >= 0.6 is 23.1 Å². The summed E-state index contributed by atoms with van der Waals surface area (Å²) in [6.07, 6.45) is 2.53. The molecule has 0 bridgehead atoms. The molecule has 3 aromatic heterocycles. The minimum atomic E-state index is -0.478. The number of nitrogens with one attached hydrogen (secondary N) is 1. The Hall–Kier alpha value is -4.28. The first kappa shape index (κ1) is 27.3. The van der Waals surface area contributed by atoms with Gasteiger partial charge in [0.15, 0.2) is 11.0 Å². The van der Waals surface area contributed by atoms with Gasteiger partial charge in [0.2, 0.25) is 5.91 Å². The highest BCUT2D eigenvalue weighted by atomic mass is 32.2. The molecule has 8 nitrogen and oxygen atoms in total. The van der Waals surface area contributed by atoms with E-state index in [1.807, 2.05) is 72.2 Å². The molecular formula is C30H27N5O3S2. The number of nitrogens with zero attached hydrogens (tertiary/aromatic N) is 4. The molecule has 0 aliphatic rings. The number of fused-ring (bicyclic) bond motifs is 1. The van der Waals surface area contributed by atoms with Gasteiger partial charge in [0.1, 0.15) is 5.00 Å². The number of aryl methyl sites for hydroxylation is 1. The number of hydrogen-bond acceptors (Lipinski definition) is 8. The second-order valence-corrected chi connectivity index (χ2v) is 10.9. The summed E-state index contributed by atoms with van der Waals surface area (Å²) in [5.41, 5.74) is 3.94. The molecule has 202 valence electrons. The predicted octanol–water partition coefficient (Wildman–Crippen LogP) is 6.49. The summed E-state index contributed by atoms with van der Waals surface area (Å²) < 4.78 is 6.82. The maximum atomic E-state index is 12.9. The summed E-state index contributed by atoms with van der Waals surface area (Å²) in [4.78, 5) is 30.9. The van der Waals surface area contributed by atoms with Crippen LogP contribution in [-0.2, 0) is 22.5 Å². The standard InChI is InChI=1S/C30H27N5O3S2/c1-4-15-35-27(22-17-25(19-11-7-6-8-12-19)31-24-14-10-9-13-21(22)24)33-34-30(35)39-18-26(36)32-28-23(29(37)38-3)16-20(5-2)40-28/h4,6-14,16-17H,1,5,15,18H2,2-3H3,(H,32,36). The van der Waals surface area contributed by atoms with E-state index in [1.54, 1.807) is 12.1 Å². The van der Waals surface area contributed by atoms with Gasteiger partial charge in [-0.25, -0.2) is 9.78 Å². The zero-order chi connectivity index (χ0) is 28.1. The van der Waals surface area contributed by atoms with Crippen molar-refractivity contribution in [2.75, 3.05) is 18.2 Å². The number of anilines is 1. The Morgan fingerprint density at radius 2 is 1.88 bits per heavy atom. The van der Waals surface area contributed by atoms with E-state index >= 15 is 0 Å². The zero-order valence-corrected chi connectivity index (χ0v) is 23.7. The Kier molecular flexibility index (Phi) is 8.37. The van der Waals surface area contributed by atoms with E-state index < -0.39 is 5.97 Å². The first-order valence-corrected chi connectivity index (χ1v) is 14.5. The molecule has 0 saturated heterocycles. The van der Waals surface area contributed by atoms with Crippen LogP contribution in [0, 0.1) is 0 Å². The van der Waals surface area contributed by atoms with Crippen LogP contribution in [0.3, 0.4) is 0 Å². The van der Waals surface area contributed by atoms with Crippen molar-refractivity contribution in [2.45, 2.75) is 25.0 Å². The average Bonchev–Trinajstić information content (AvgIpc) is 3.59. The van der Waals surface area contributed by atoms with Crippen molar-refractivity contribution in [1.29, 1.82) is 0 Å². The molecule has 0 fully saturated rings. The number of ether oxygens (including phenoxy) is 1. The summed E-state index contributed by atoms with van der Waals surface area (Å²) in [6, 6.07) is 21.7. The highest BCUT2D eigenvalue weighted by Crippen LogP contribution is 2.33. The number of methoxy groups -OCH3 is 1. The number of thiophene rings is 1. The molecule has 5 aromatic rings. The summed E-state index contributed by atoms with van der Waals surface area (Å²) in [5, 5.41) is 13.9. The van der Waals surface area contributed by atoms with Crippen LogP contribution in [0.5, 0.6) is 0 Å². The van der Waals surface area contributed by atoms with Crippen LogP contribution in [0.2, 0.25) is 0 Å². The fourth-order valence-corrected chi connectivity index (χ4v) is 6.02. The van der Waals surface area contributed by atoms with E-state index in [0.717, 1.165) is 39.0 Å². The Balaban J connectivity index is 1.44. The topological polar surface area (TPSA) is 99.0 Å². The van der Waals surface area contributed by atoms with Gasteiger partial charge < -0.3 is 10.1 Å². The summed E-state index contributed by atoms with van der Waals surface area (Å²) in [5.74, 6) is 0.0166. The van der Waals surface area contributed by atoms with Crippen molar-refractivity contribution in [3.8, 4) is 22.6 Å². The monoisotopic (exact) mass is 569 g/mol. The average molecular weight is 570 g/mol. The van der Waals surface area contributed by atoms with Crippen LogP contribution in [0.25, 0.3) is 33.5 Å². The van der Waals surface area contributed by atoms with E-state index in [0.29, 0.717) is 28.1 Å². The number of pyridine rings is 1. The Bertz CT molecular complexity index is 1690. The number of hydrogen-bond donors (Lipinski definition) is 1. The molecule has 40 heavy (non-hydrogen) atoms. The van der Waals surface area contributed by atoms with Crippen molar-refractivity contribution in [3.63, 3.8) is 0 Å². The van der Waals surface area contributed by atoms with Gasteiger partial charge in [-0.3, -0.25) is 9.36 Å². The number of esters is 1. The van der Waals surface area contributed by atoms with Crippen LogP contribution in [0.15, 0.2) is 84.5 Å². The van der Waals surface area contributed by atoms with Crippen molar-refractivity contribution < 1.29 is 14.3 Å². The van der Waals surface area contributed by atoms with Crippen molar-refractivity contribution >= 4 is 50.9 Å². The van der Waals surface area contributed by atoms with Crippen LogP contribution in [0.4, 0.5) is 5.00 Å². The number of carbonyl (C=O) groups excluding carboxylic acids is 2. The van der Waals surface area contributed by atoms with Gasteiger partial charge in [0.05, 0.1) is 29.6 Å². The molecule has 0 saturated carbocycles. The van der Waals surface area contributed by atoms with Gasteiger partial charge in [-0.15, -0.1) is 28.1 Å². The molecule has 0 aliphatic heterocycles. The van der Waals surface area contributed by atoms with Crippen LogP contribution in [-0.4, -0.2) is 44.5 Å². The Morgan fingerprint density at radius 1 is 1.10 bits per heavy atom. The molecule has 0 unspecified atom stereocenters. The SMILES string of the molecule is C=CCn1c(SCC(=O)Nc2sc(CC)cc2C(=O)OC)nnc1-c1cc(-c2ccccc2)nc2ccccc12. The van der Waals surface area contributed by atoms with Crippen molar-refractivity contribution in [3.05, 3.63) is 89.8 Å². The smallest absolute Gasteiger partial charge is 0.340 e. The quantitative estimate of drug-likeness (QED) is 0.117. The third-order valence-electron chi connectivity index (χ3n) is 6.18. The van der Waals surface area contributed by atoms with Gasteiger partial charge in [-0.2, -0.15) is 0 Å². The minimum Gasteiger partial charge on any atom is -0.465 e. The molecule has 1 amide bonds. The normalized spacial score (nSPS) is 10.9. The van der Waals surface area contributed by atoms with Gasteiger partial charge in [0.25, 0.3) is 0 Å². The predicted molar refractivity (Wildman–Crippen MR) is 161 cm³/mol. The Labute approximate surface area is 240 Å². The highest BCUT2D eigenvalue weighted by Gasteiger charge is 2.21. The highest BCUT2D eigenvalue weighted by molar-refractivity contribution is 7.99. The van der Waals surface area contributed by atoms with Crippen LogP contribution in [0.1, 0.15) is 22.2 Å². The molecule has 0 aliphatic carbocycles. The minimum absolute atomic E-state index is 0.0849. The van der Waals surface area contributed by atoms with E-state index in [9.17, 15) is 9.59 Å². The number of benzene rings is 2. The lowest BCUT2D eigenvalue weighted by atomic mass is 10.0. The number of carbonyl (C=O) groups is 2. The van der Waals surface area contributed by atoms with E-state index in [2.05, 4.69) is 22.1 Å². The molecule has 0 atom stereocenters. The summed E-state index contributed by atoms with van der Waals surface area (Å²) in [7, 11) is 1.33. The number of rotatable bonds is 10.